The van der Waals surface area contributed by atoms with Gasteiger partial charge in [-0.2, -0.15) is 0 Å². The highest BCUT2D eigenvalue weighted by Crippen LogP contribution is 2.53. The number of carbonyl (C=O) groups is 3. The van der Waals surface area contributed by atoms with Crippen molar-refractivity contribution in [3.05, 3.63) is 125 Å². The van der Waals surface area contributed by atoms with Gasteiger partial charge in [0.05, 0.1) is 38.5 Å². The van der Waals surface area contributed by atoms with Gasteiger partial charge in [-0.25, -0.2) is 0 Å². The van der Waals surface area contributed by atoms with Gasteiger partial charge in [0.15, 0.2) is 5.60 Å². The lowest BCUT2D eigenvalue weighted by molar-refractivity contribution is -0.150. The average Bonchev–Trinajstić information content (AvgIpc) is 3.54. The molecule has 242 valence electrons. The first-order valence-electron chi connectivity index (χ1n) is 15.9. The standard InChI is InChI=1S/C38H39N3O6/c1-26-22-32(23-35(43)40(20-21-42)24-27-8-4-3-5-9-27)47-38(26)33-10-6-7-11-34(33)41(37(38)45)25-28-12-16-30(17-13-28)39-36(44)29-14-18-31(46-2)19-15-29/h3-19,26,32,42H,20-25H2,1-2H3,(H,39,44)/t26-,32-,38+/m1/s1. The fourth-order valence-corrected chi connectivity index (χ4v) is 6.67. The lowest BCUT2D eigenvalue weighted by Crippen LogP contribution is -2.44. The number of nitrogens with one attached hydrogen (secondary N) is 1. The molecule has 3 amide bonds. The summed E-state index contributed by atoms with van der Waals surface area (Å²) in [5, 5.41) is 12.6. The number of carbonyl (C=O) groups excluding carboxylic acids is 3. The van der Waals surface area contributed by atoms with Gasteiger partial charge in [-0.1, -0.05) is 67.6 Å². The number of nitrogens with zero attached hydrogens (tertiary/aromatic N) is 2. The van der Waals surface area contributed by atoms with E-state index in [1.54, 1.807) is 41.2 Å². The Kier molecular flexibility index (Phi) is 9.38. The van der Waals surface area contributed by atoms with Crippen molar-refractivity contribution in [3.63, 3.8) is 0 Å². The second kappa shape index (κ2) is 13.8. The Bertz CT molecular complexity index is 1730. The molecule has 0 aromatic heterocycles. The third kappa shape index (κ3) is 6.50. The van der Waals surface area contributed by atoms with Crippen molar-refractivity contribution in [2.75, 3.05) is 30.5 Å². The molecule has 0 bridgehead atoms. The van der Waals surface area contributed by atoms with Crippen molar-refractivity contribution >= 4 is 29.1 Å². The van der Waals surface area contributed by atoms with E-state index in [1.165, 1.54) is 0 Å². The van der Waals surface area contributed by atoms with Gasteiger partial charge in [-0.15, -0.1) is 0 Å². The molecule has 6 rings (SSSR count). The predicted molar refractivity (Wildman–Crippen MR) is 179 cm³/mol. The fourth-order valence-electron chi connectivity index (χ4n) is 6.67. The molecule has 1 spiro atoms. The largest absolute Gasteiger partial charge is 0.497 e. The number of hydrogen-bond donors (Lipinski definition) is 2. The van der Waals surface area contributed by atoms with Crippen LogP contribution in [-0.2, 0) is 33.0 Å². The van der Waals surface area contributed by atoms with Gasteiger partial charge in [-0.3, -0.25) is 14.4 Å². The molecule has 2 heterocycles. The van der Waals surface area contributed by atoms with Gasteiger partial charge in [-0.05, 0) is 60.0 Å². The zero-order valence-electron chi connectivity index (χ0n) is 26.6. The SMILES string of the molecule is COc1ccc(C(=O)Nc2ccc(CN3C(=O)[C@@]4(O[C@@H](CC(=O)N(CCO)Cc5ccccc5)C[C@H]4C)c4ccccc43)cc2)cc1. The molecule has 3 atom stereocenters. The third-order valence-electron chi connectivity index (χ3n) is 9.07. The number of ether oxygens (including phenoxy) is 2. The Balaban J connectivity index is 1.15. The third-order valence-corrected chi connectivity index (χ3v) is 9.07. The molecule has 1 saturated heterocycles. The quantitative estimate of drug-likeness (QED) is 0.225. The summed E-state index contributed by atoms with van der Waals surface area (Å²) in [7, 11) is 1.58. The van der Waals surface area contributed by atoms with E-state index in [1.807, 2.05) is 85.8 Å². The van der Waals surface area contributed by atoms with E-state index in [0.717, 1.165) is 22.4 Å². The van der Waals surface area contributed by atoms with Gasteiger partial charge in [0.2, 0.25) is 5.91 Å². The van der Waals surface area contributed by atoms with Crippen LogP contribution in [0.25, 0.3) is 0 Å². The lowest BCUT2D eigenvalue weighted by Gasteiger charge is -2.28. The highest BCUT2D eigenvalue weighted by atomic mass is 16.5. The maximum absolute atomic E-state index is 14.3. The number of fused-ring (bicyclic) bond motifs is 2. The first-order valence-corrected chi connectivity index (χ1v) is 15.9. The first-order chi connectivity index (χ1) is 22.8. The summed E-state index contributed by atoms with van der Waals surface area (Å²) in [6.45, 7) is 2.82. The monoisotopic (exact) mass is 633 g/mol. The Hall–Kier alpha value is -4.99. The first kappa shape index (κ1) is 32.0. The fraction of sp³-hybridized carbons (Fsp3) is 0.289. The number of methoxy groups -OCH3 is 1. The van der Waals surface area contributed by atoms with Crippen LogP contribution in [0.1, 0.15) is 46.8 Å². The highest BCUT2D eigenvalue weighted by Gasteiger charge is 2.60. The molecule has 0 unspecified atom stereocenters. The van der Waals surface area contributed by atoms with Crippen LogP contribution in [0, 0.1) is 5.92 Å². The van der Waals surface area contributed by atoms with Crippen molar-refractivity contribution in [2.24, 2.45) is 5.92 Å². The number of aliphatic hydroxyl groups is 1. The normalized spacial score (nSPS) is 19.9. The molecule has 4 aromatic rings. The number of para-hydroxylation sites is 1. The van der Waals surface area contributed by atoms with Crippen LogP contribution < -0.4 is 15.0 Å². The molecule has 2 aliphatic rings. The molecule has 4 aromatic carbocycles. The Morgan fingerprint density at radius 1 is 0.957 bits per heavy atom. The highest BCUT2D eigenvalue weighted by molar-refractivity contribution is 6.07. The molecule has 0 aliphatic carbocycles. The van der Waals surface area contributed by atoms with Crippen LogP contribution in [0.2, 0.25) is 0 Å². The topological polar surface area (TPSA) is 108 Å². The smallest absolute Gasteiger partial charge is 0.264 e. The van der Waals surface area contributed by atoms with E-state index in [9.17, 15) is 19.5 Å². The Morgan fingerprint density at radius 2 is 1.66 bits per heavy atom. The average molecular weight is 634 g/mol. The van der Waals surface area contributed by atoms with E-state index in [4.69, 9.17) is 9.47 Å². The van der Waals surface area contributed by atoms with Crippen molar-refractivity contribution < 1.29 is 29.0 Å². The maximum atomic E-state index is 14.3. The Morgan fingerprint density at radius 3 is 2.36 bits per heavy atom. The van der Waals surface area contributed by atoms with Crippen molar-refractivity contribution in [3.8, 4) is 5.75 Å². The van der Waals surface area contributed by atoms with Crippen LogP contribution in [0.3, 0.4) is 0 Å². The minimum atomic E-state index is -1.19. The summed E-state index contributed by atoms with van der Waals surface area (Å²) in [5.41, 5.74) is 3.45. The van der Waals surface area contributed by atoms with Gasteiger partial charge in [0.25, 0.3) is 11.8 Å². The number of aliphatic hydroxyl groups excluding tert-OH is 1. The van der Waals surface area contributed by atoms with E-state index in [2.05, 4.69) is 5.32 Å². The molecule has 9 heteroatoms. The van der Waals surface area contributed by atoms with Crippen LogP contribution in [0.4, 0.5) is 11.4 Å². The van der Waals surface area contributed by atoms with E-state index >= 15 is 0 Å². The molecule has 47 heavy (non-hydrogen) atoms. The number of amides is 3. The molecule has 0 radical (unpaired) electrons. The number of anilines is 2. The van der Waals surface area contributed by atoms with E-state index < -0.39 is 11.7 Å². The van der Waals surface area contributed by atoms with Crippen LogP contribution in [0.5, 0.6) is 5.75 Å². The van der Waals surface area contributed by atoms with Gasteiger partial charge in [0.1, 0.15) is 5.75 Å². The summed E-state index contributed by atoms with van der Waals surface area (Å²) < 4.78 is 11.8. The molecule has 0 saturated carbocycles. The van der Waals surface area contributed by atoms with Crippen molar-refractivity contribution in [2.45, 2.75) is 44.6 Å². The molecular formula is C38H39N3O6. The van der Waals surface area contributed by atoms with E-state index in [-0.39, 0.29) is 43.2 Å². The summed E-state index contributed by atoms with van der Waals surface area (Å²) in [4.78, 5) is 43.9. The van der Waals surface area contributed by atoms with Crippen LogP contribution in [0.15, 0.2) is 103 Å². The van der Waals surface area contributed by atoms with Gasteiger partial charge >= 0.3 is 0 Å². The van der Waals surface area contributed by atoms with Gasteiger partial charge < -0.3 is 29.7 Å². The molecule has 9 nitrogen and oxygen atoms in total. The molecule has 1 fully saturated rings. The van der Waals surface area contributed by atoms with Crippen molar-refractivity contribution in [1.29, 1.82) is 0 Å². The number of rotatable bonds is 11. The summed E-state index contributed by atoms with van der Waals surface area (Å²) in [6.07, 6.45) is 0.235. The zero-order chi connectivity index (χ0) is 33.0. The summed E-state index contributed by atoms with van der Waals surface area (Å²) in [6, 6.07) is 31.7. The second-order valence-electron chi connectivity index (χ2n) is 12.1. The lowest BCUT2D eigenvalue weighted by atomic mass is 9.83. The van der Waals surface area contributed by atoms with Crippen LogP contribution in [-0.4, -0.2) is 54.1 Å². The van der Waals surface area contributed by atoms with E-state index in [0.29, 0.717) is 36.5 Å². The minimum absolute atomic E-state index is 0.119. The van der Waals surface area contributed by atoms with Gasteiger partial charge in [0, 0.05) is 35.8 Å². The predicted octanol–water partition coefficient (Wildman–Crippen LogP) is 5.53. The zero-order valence-corrected chi connectivity index (χ0v) is 26.6. The summed E-state index contributed by atoms with van der Waals surface area (Å²) in [5.74, 6) is 0.0259. The maximum Gasteiger partial charge on any atom is 0.264 e. The Labute approximate surface area is 274 Å². The summed E-state index contributed by atoms with van der Waals surface area (Å²) >= 11 is 0. The number of benzene rings is 4. The second-order valence-corrected chi connectivity index (χ2v) is 12.1. The molecular weight excluding hydrogens is 594 g/mol. The van der Waals surface area contributed by atoms with Crippen molar-refractivity contribution in [1.82, 2.24) is 4.90 Å². The molecule has 2 aliphatic heterocycles. The number of hydrogen-bond acceptors (Lipinski definition) is 6. The van der Waals surface area contributed by atoms with Crippen LogP contribution >= 0.6 is 0 Å². The minimum Gasteiger partial charge on any atom is -0.497 e. The molecule has 2 N–H and O–H groups in total.